The van der Waals surface area contributed by atoms with Gasteiger partial charge in [0.25, 0.3) is 5.91 Å². The van der Waals surface area contributed by atoms with E-state index in [0.29, 0.717) is 12.2 Å². The van der Waals surface area contributed by atoms with E-state index in [4.69, 9.17) is 0 Å². The molecule has 25 heavy (non-hydrogen) atoms. The van der Waals surface area contributed by atoms with Crippen LogP contribution in [0.5, 0.6) is 5.88 Å². The van der Waals surface area contributed by atoms with Crippen molar-refractivity contribution in [2.45, 2.75) is 19.6 Å². The fraction of sp³-hybridized carbons (Fsp3) is 0.294. The second-order valence-corrected chi connectivity index (χ2v) is 5.18. The first-order valence-electron chi connectivity index (χ1n) is 7.64. The summed E-state index contributed by atoms with van der Waals surface area (Å²) in [6.07, 6.45) is -3.26. The zero-order chi connectivity index (χ0) is 18.3. The molecule has 1 heterocycles. The summed E-state index contributed by atoms with van der Waals surface area (Å²) in [6, 6.07) is 9.93. The number of rotatable bonds is 7. The number of ether oxygens (including phenoxy) is 1. The monoisotopic (exact) mass is 353 g/mol. The largest absolute Gasteiger partial charge is 0.468 e. The number of hydrogen-bond donors (Lipinski definition) is 2. The van der Waals surface area contributed by atoms with Crippen molar-refractivity contribution >= 4 is 11.6 Å². The Morgan fingerprint density at radius 1 is 1.20 bits per heavy atom. The number of pyridine rings is 1. The van der Waals surface area contributed by atoms with Crippen LogP contribution in [-0.4, -0.2) is 30.2 Å². The lowest BCUT2D eigenvalue weighted by atomic mass is 10.1. The molecule has 2 rings (SSSR count). The molecular weight excluding hydrogens is 335 g/mol. The molecule has 8 heteroatoms. The number of alkyl halides is 3. The minimum Gasteiger partial charge on any atom is -0.468 e. The average Bonchev–Trinajstić information content (AvgIpc) is 2.59. The highest BCUT2D eigenvalue weighted by atomic mass is 19.4. The van der Waals surface area contributed by atoms with Gasteiger partial charge in [-0.05, 0) is 24.2 Å². The van der Waals surface area contributed by atoms with Crippen LogP contribution in [0.3, 0.4) is 0 Å². The van der Waals surface area contributed by atoms with Crippen LogP contribution in [0.25, 0.3) is 0 Å². The number of para-hydroxylation sites is 1. The van der Waals surface area contributed by atoms with Gasteiger partial charge < -0.3 is 15.4 Å². The third-order valence-electron chi connectivity index (χ3n) is 3.21. The quantitative estimate of drug-likeness (QED) is 0.801. The summed E-state index contributed by atoms with van der Waals surface area (Å²) >= 11 is 0. The predicted molar refractivity (Wildman–Crippen MR) is 87.6 cm³/mol. The summed E-state index contributed by atoms with van der Waals surface area (Å²) in [5.41, 5.74) is 1.80. The number of nitrogens with one attached hydrogen (secondary N) is 2. The predicted octanol–water partition coefficient (Wildman–Crippen LogP) is 3.38. The van der Waals surface area contributed by atoms with Crippen LogP contribution in [0.15, 0.2) is 42.6 Å². The van der Waals surface area contributed by atoms with Gasteiger partial charge in [0.2, 0.25) is 5.88 Å². The van der Waals surface area contributed by atoms with Gasteiger partial charge in [-0.15, -0.1) is 0 Å². The van der Waals surface area contributed by atoms with Crippen LogP contribution in [0.2, 0.25) is 0 Å². The lowest BCUT2D eigenvalue weighted by Gasteiger charge is -2.12. The van der Waals surface area contributed by atoms with Crippen molar-refractivity contribution in [2.24, 2.45) is 0 Å². The van der Waals surface area contributed by atoms with Gasteiger partial charge in [0.1, 0.15) is 0 Å². The van der Waals surface area contributed by atoms with Crippen molar-refractivity contribution in [3.8, 4) is 5.88 Å². The van der Waals surface area contributed by atoms with Gasteiger partial charge in [-0.25, -0.2) is 4.98 Å². The zero-order valence-corrected chi connectivity index (χ0v) is 13.6. The molecule has 0 bridgehead atoms. The molecule has 0 aliphatic heterocycles. The van der Waals surface area contributed by atoms with Gasteiger partial charge in [0.15, 0.2) is 6.61 Å². The first-order valence-corrected chi connectivity index (χ1v) is 7.64. The number of carbonyl (C=O) groups excluding carboxylic acids is 1. The third-order valence-corrected chi connectivity index (χ3v) is 3.21. The van der Waals surface area contributed by atoms with E-state index in [1.807, 2.05) is 19.1 Å². The number of anilines is 1. The Hall–Kier alpha value is -2.61. The highest BCUT2D eigenvalue weighted by Crippen LogP contribution is 2.18. The molecule has 0 saturated carbocycles. The topological polar surface area (TPSA) is 63.2 Å². The zero-order valence-electron chi connectivity index (χ0n) is 13.6. The average molecular weight is 353 g/mol. The van der Waals surface area contributed by atoms with Gasteiger partial charge >= 0.3 is 6.18 Å². The second kappa shape index (κ2) is 8.48. The second-order valence-electron chi connectivity index (χ2n) is 5.18. The summed E-state index contributed by atoms with van der Waals surface area (Å²) in [5, 5.41) is 5.95. The molecule has 2 N–H and O–H groups in total. The molecule has 5 nitrogen and oxygen atoms in total. The molecule has 0 spiro atoms. The summed E-state index contributed by atoms with van der Waals surface area (Å²) in [7, 11) is 0. The first-order chi connectivity index (χ1) is 11.9. The van der Waals surface area contributed by atoms with Gasteiger partial charge in [-0.2, -0.15) is 13.2 Å². The molecule has 0 unspecified atom stereocenters. The van der Waals surface area contributed by atoms with Crippen LogP contribution in [-0.2, 0) is 6.54 Å². The van der Waals surface area contributed by atoms with Crippen molar-refractivity contribution < 1.29 is 22.7 Å². The smallest absolute Gasteiger partial charge is 0.422 e. The van der Waals surface area contributed by atoms with Gasteiger partial charge in [0.05, 0.1) is 5.56 Å². The SMILES string of the molecule is CCNCc1ccccc1NC(=O)c1ccc(OCC(F)(F)F)nc1. The van der Waals surface area contributed by atoms with Crippen molar-refractivity contribution in [3.63, 3.8) is 0 Å². The van der Waals surface area contributed by atoms with E-state index in [1.54, 1.807) is 12.1 Å². The fourth-order valence-corrected chi connectivity index (χ4v) is 2.01. The first kappa shape index (κ1) is 18.7. The van der Waals surface area contributed by atoms with Crippen LogP contribution < -0.4 is 15.4 Å². The highest BCUT2D eigenvalue weighted by molar-refractivity contribution is 6.04. The molecule has 0 atom stereocenters. The van der Waals surface area contributed by atoms with E-state index in [2.05, 4.69) is 20.4 Å². The highest BCUT2D eigenvalue weighted by Gasteiger charge is 2.28. The fourth-order valence-electron chi connectivity index (χ4n) is 2.01. The Bertz CT molecular complexity index is 703. The maximum atomic E-state index is 12.3. The number of nitrogens with zero attached hydrogens (tertiary/aromatic N) is 1. The van der Waals surface area contributed by atoms with E-state index in [0.717, 1.165) is 12.1 Å². The molecule has 1 aromatic carbocycles. The maximum Gasteiger partial charge on any atom is 0.422 e. The van der Waals surface area contributed by atoms with E-state index in [-0.39, 0.29) is 11.4 Å². The molecule has 0 radical (unpaired) electrons. The number of benzene rings is 1. The van der Waals surface area contributed by atoms with Gasteiger partial charge in [-0.1, -0.05) is 25.1 Å². The molecular formula is C17H18F3N3O2. The van der Waals surface area contributed by atoms with Crippen molar-refractivity contribution in [2.75, 3.05) is 18.5 Å². The minimum absolute atomic E-state index is 0.193. The minimum atomic E-state index is -4.44. The van der Waals surface area contributed by atoms with Gasteiger partial charge in [0, 0.05) is 24.5 Å². The standard InChI is InChI=1S/C17H18F3N3O2/c1-2-21-9-12-5-3-4-6-14(12)23-16(24)13-7-8-15(22-10-13)25-11-17(18,19)20/h3-8,10,21H,2,9,11H2,1H3,(H,23,24). The Labute approximate surface area is 143 Å². The number of hydrogen-bond acceptors (Lipinski definition) is 4. The summed E-state index contributed by atoms with van der Waals surface area (Å²) in [6.45, 7) is 1.96. The van der Waals surface area contributed by atoms with Crippen LogP contribution in [0.1, 0.15) is 22.8 Å². The number of aromatic nitrogens is 1. The Morgan fingerprint density at radius 3 is 2.60 bits per heavy atom. The van der Waals surface area contributed by atoms with E-state index in [1.165, 1.54) is 18.3 Å². The molecule has 2 aromatic rings. The van der Waals surface area contributed by atoms with Crippen molar-refractivity contribution in [1.82, 2.24) is 10.3 Å². The third kappa shape index (κ3) is 6.07. The van der Waals surface area contributed by atoms with Crippen molar-refractivity contribution in [3.05, 3.63) is 53.7 Å². The lowest BCUT2D eigenvalue weighted by Crippen LogP contribution is -2.20. The molecule has 0 aliphatic rings. The Balaban J connectivity index is 2.01. The number of carbonyl (C=O) groups is 1. The Morgan fingerprint density at radius 2 is 1.96 bits per heavy atom. The molecule has 0 saturated heterocycles. The molecule has 1 amide bonds. The van der Waals surface area contributed by atoms with Crippen molar-refractivity contribution in [1.29, 1.82) is 0 Å². The molecule has 0 fully saturated rings. The van der Waals surface area contributed by atoms with Gasteiger partial charge in [-0.3, -0.25) is 4.79 Å². The van der Waals surface area contributed by atoms with E-state index in [9.17, 15) is 18.0 Å². The normalized spacial score (nSPS) is 11.2. The molecule has 0 aliphatic carbocycles. The summed E-state index contributed by atoms with van der Waals surface area (Å²) in [4.78, 5) is 16.0. The molecule has 134 valence electrons. The summed E-state index contributed by atoms with van der Waals surface area (Å²) in [5.74, 6) is -0.597. The van der Waals surface area contributed by atoms with E-state index >= 15 is 0 Å². The summed E-state index contributed by atoms with van der Waals surface area (Å²) < 4.78 is 40.8. The lowest BCUT2D eigenvalue weighted by molar-refractivity contribution is -0.154. The number of halogens is 3. The van der Waals surface area contributed by atoms with Crippen LogP contribution in [0, 0.1) is 0 Å². The number of amides is 1. The Kier molecular flexibility index (Phi) is 6.35. The van der Waals surface area contributed by atoms with Crippen LogP contribution in [0.4, 0.5) is 18.9 Å². The maximum absolute atomic E-state index is 12.3. The van der Waals surface area contributed by atoms with Crippen LogP contribution >= 0.6 is 0 Å². The molecule has 1 aromatic heterocycles. The van der Waals surface area contributed by atoms with E-state index < -0.39 is 18.7 Å².